The second kappa shape index (κ2) is 4.40. The zero-order valence-electron chi connectivity index (χ0n) is 8.73. The lowest BCUT2D eigenvalue weighted by Crippen LogP contribution is -2.52. The lowest BCUT2D eigenvalue weighted by atomic mass is 10.2. The van der Waals surface area contributed by atoms with E-state index in [-0.39, 0.29) is 6.04 Å². The van der Waals surface area contributed by atoms with Gasteiger partial charge in [-0.25, -0.2) is 4.98 Å². The van der Waals surface area contributed by atoms with Gasteiger partial charge in [0.05, 0.1) is 0 Å². The summed E-state index contributed by atoms with van der Waals surface area (Å²) in [5.41, 5.74) is 1.10. The van der Waals surface area contributed by atoms with Gasteiger partial charge in [0.25, 0.3) is 0 Å². The molecule has 0 bridgehead atoms. The van der Waals surface area contributed by atoms with E-state index in [0.717, 1.165) is 24.5 Å². The number of aryl methyl sites for hydroxylation is 1. The number of aromatic nitrogens is 1. The molecule has 1 aromatic rings. The lowest BCUT2D eigenvalue weighted by molar-refractivity contribution is 0.493. The summed E-state index contributed by atoms with van der Waals surface area (Å²) in [6.45, 7) is 4.34. The third-order valence-electron chi connectivity index (χ3n) is 2.63. The van der Waals surface area contributed by atoms with Crippen LogP contribution in [-0.2, 0) is 4.79 Å². The molecular weight excluding hydrogens is 190 g/mol. The van der Waals surface area contributed by atoms with Crippen LogP contribution in [0.4, 0.5) is 5.82 Å². The van der Waals surface area contributed by atoms with E-state index < -0.39 is 0 Å². The number of anilines is 1. The maximum Gasteiger partial charge on any atom is 0.224 e. The van der Waals surface area contributed by atoms with Gasteiger partial charge in [0, 0.05) is 25.8 Å². The van der Waals surface area contributed by atoms with Gasteiger partial charge in [-0.1, -0.05) is 6.07 Å². The number of hydrogen-bond acceptors (Lipinski definition) is 4. The van der Waals surface area contributed by atoms with Crippen LogP contribution in [0.15, 0.2) is 18.3 Å². The molecule has 1 unspecified atom stereocenters. The predicted octanol–water partition coefficient (Wildman–Crippen LogP) is 0.278. The highest BCUT2D eigenvalue weighted by atomic mass is 16.1. The number of nitrogens with one attached hydrogen (secondary N) is 1. The van der Waals surface area contributed by atoms with E-state index in [1.54, 1.807) is 6.20 Å². The first kappa shape index (κ1) is 10.1. The minimum Gasteiger partial charge on any atom is -0.343 e. The molecule has 0 amide bonds. The molecule has 1 aliphatic heterocycles. The topological polar surface area (TPSA) is 45.2 Å². The molecule has 2 heterocycles. The van der Waals surface area contributed by atoms with Gasteiger partial charge in [-0.2, -0.15) is 0 Å². The Morgan fingerprint density at radius 2 is 2.53 bits per heavy atom. The van der Waals surface area contributed by atoms with E-state index in [1.165, 1.54) is 0 Å². The predicted molar refractivity (Wildman–Crippen MR) is 58.7 cm³/mol. The summed E-state index contributed by atoms with van der Waals surface area (Å²) in [5.74, 6) is 0.896. The van der Waals surface area contributed by atoms with Crippen molar-refractivity contribution in [2.24, 2.45) is 0 Å². The molecule has 1 N–H and O–H groups in total. The first-order chi connectivity index (χ1) is 7.33. The minimum atomic E-state index is -0.215. The highest BCUT2D eigenvalue weighted by Gasteiger charge is 2.24. The van der Waals surface area contributed by atoms with Gasteiger partial charge in [0.2, 0.25) is 6.29 Å². The fourth-order valence-corrected chi connectivity index (χ4v) is 1.84. The van der Waals surface area contributed by atoms with Crippen LogP contribution in [0.2, 0.25) is 0 Å². The summed E-state index contributed by atoms with van der Waals surface area (Å²) in [5, 5.41) is 3.17. The third kappa shape index (κ3) is 1.99. The van der Waals surface area contributed by atoms with Crippen molar-refractivity contribution in [3.63, 3.8) is 0 Å². The number of piperazine rings is 1. The van der Waals surface area contributed by atoms with Crippen molar-refractivity contribution >= 4 is 12.1 Å². The first-order valence-corrected chi connectivity index (χ1v) is 5.09. The van der Waals surface area contributed by atoms with Crippen molar-refractivity contribution in [3.8, 4) is 0 Å². The number of carbonyl (C=O) groups excluding carboxylic acids is 1. The Morgan fingerprint density at radius 3 is 3.27 bits per heavy atom. The van der Waals surface area contributed by atoms with E-state index >= 15 is 0 Å². The van der Waals surface area contributed by atoms with E-state index in [0.29, 0.717) is 6.54 Å². The number of hydrogen-bond donors (Lipinski definition) is 1. The van der Waals surface area contributed by atoms with Gasteiger partial charge in [-0.15, -0.1) is 0 Å². The largest absolute Gasteiger partial charge is 0.343 e. The quantitative estimate of drug-likeness (QED) is 0.751. The highest BCUT2D eigenvalue weighted by molar-refractivity contribution is 5.67. The summed E-state index contributed by atoms with van der Waals surface area (Å²) in [6, 6.07) is 3.69. The zero-order chi connectivity index (χ0) is 10.7. The number of rotatable bonds is 2. The highest BCUT2D eigenvalue weighted by Crippen LogP contribution is 2.18. The second-order valence-corrected chi connectivity index (χ2v) is 3.68. The van der Waals surface area contributed by atoms with Gasteiger partial charge in [0.15, 0.2) is 0 Å². The van der Waals surface area contributed by atoms with Crippen LogP contribution in [0.5, 0.6) is 0 Å². The Balaban J connectivity index is 2.28. The first-order valence-electron chi connectivity index (χ1n) is 5.09. The molecule has 1 fully saturated rings. The molecule has 0 saturated carbocycles. The molecule has 1 aliphatic rings. The lowest BCUT2D eigenvalue weighted by Gasteiger charge is -2.34. The summed E-state index contributed by atoms with van der Waals surface area (Å²) in [6.07, 6.45) is 3.81. The molecular formula is C11H14N3O. The molecule has 1 atom stereocenters. The molecule has 1 saturated heterocycles. The normalized spacial score (nSPS) is 21.4. The molecule has 0 spiro atoms. The van der Waals surface area contributed by atoms with Gasteiger partial charge >= 0.3 is 0 Å². The fourth-order valence-electron chi connectivity index (χ4n) is 1.84. The van der Waals surface area contributed by atoms with Crippen LogP contribution < -0.4 is 10.2 Å². The standard InChI is InChI=1S/C11H14N3O/c1-9-3-2-4-13-11(9)14-6-5-12-7-10(14)8-15/h2-4,10,12H,5-7H2,1H3. The maximum atomic E-state index is 10.8. The molecule has 15 heavy (non-hydrogen) atoms. The van der Waals surface area contributed by atoms with Crippen LogP contribution >= 0.6 is 0 Å². The van der Waals surface area contributed by atoms with Crippen molar-refractivity contribution in [1.29, 1.82) is 0 Å². The van der Waals surface area contributed by atoms with Crippen molar-refractivity contribution < 1.29 is 4.79 Å². The summed E-state index contributed by atoms with van der Waals surface area (Å²) in [4.78, 5) is 17.2. The van der Waals surface area contributed by atoms with Crippen molar-refractivity contribution in [2.75, 3.05) is 24.5 Å². The average Bonchev–Trinajstić information content (AvgIpc) is 2.30. The van der Waals surface area contributed by atoms with Crippen LogP contribution in [0.3, 0.4) is 0 Å². The Labute approximate surface area is 89.3 Å². The SMILES string of the molecule is Cc1cccnc1N1CCNCC1[C]=O. The molecule has 79 valence electrons. The van der Waals surface area contributed by atoms with E-state index in [1.807, 2.05) is 24.0 Å². The van der Waals surface area contributed by atoms with Gasteiger partial charge in [-0.3, -0.25) is 4.79 Å². The monoisotopic (exact) mass is 204 g/mol. The molecule has 1 radical (unpaired) electrons. The Kier molecular flexibility index (Phi) is 2.97. The average molecular weight is 204 g/mol. The molecule has 0 aliphatic carbocycles. The van der Waals surface area contributed by atoms with Crippen LogP contribution in [-0.4, -0.2) is 36.9 Å². The molecule has 4 heteroatoms. The third-order valence-corrected chi connectivity index (χ3v) is 2.63. The van der Waals surface area contributed by atoms with E-state index in [2.05, 4.69) is 16.6 Å². The summed E-state index contributed by atoms with van der Waals surface area (Å²) in [7, 11) is 0. The van der Waals surface area contributed by atoms with E-state index in [9.17, 15) is 4.79 Å². The van der Waals surface area contributed by atoms with Crippen molar-refractivity contribution in [1.82, 2.24) is 10.3 Å². The summed E-state index contributed by atoms with van der Waals surface area (Å²) >= 11 is 0. The maximum absolute atomic E-state index is 10.8. The molecule has 2 rings (SSSR count). The Morgan fingerprint density at radius 1 is 1.67 bits per heavy atom. The van der Waals surface area contributed by atoms with Gasteiger partial charge in [-0.05, 0) is 18.6 Å². The fraction of sp³-hybridized carbons (Fsp3) is 0.455. The van der Waals surface area contributed by atoms with E-state index in [4.69, 9.17) is 0 Å². The van der Waals surface area contributed by atoms with Crippen LogP contribution in [0, 0.1) is 6.92 Å². The minimum absolute atomic E-state index is 0.215. The summed E-state index contributed by atoms with van der Waals surface area (Å²) < 4.78 is 0. The second-order valence-electron chi connectivity index (χ2n) is 3.68. The van der Waals surface area contributed by atoms with Gasteiger partial charge < -0.3 is 10.2 Å². The van der Waals surface area contributed by atoms with Crippen LogP contribution in [0.1, 0.15) is 5.56 Å². The van der Waals surface area contributed by atoms with Gasteiger partial charge in [0.1, 0.15) is 11.9 Å². The zero-order valence-corrected chi connectivity index (χ0v) is 8.73. The molecule has 0 aromatic carbocycles. The van der Waals surface area contributed by atoms with Crippen molar-refractivity contribution in [3.05, 3.63) is 23.9 Å². The Bertz CT molecular complexity index is 353. The smallest absolute Gasteiger partial charge is 0.224 e. The molecule has 4 nitrogen and oxygen atoms in total. The van der Waals surface area contributed by atoms with Crippen LogP contribution in [0.25, 0.3) is 0 Å². The van der Waals surface area contributed by atoms with Crippen molar-refractivity contribution in [2.45, 2.75) is 13.0 Å². The number of pyridine rings is 1. The Hall–Kier alpha value is -1.42. The molecule has 1 aromatic heterocycles. The number of nitrogens with zero attached hydrogens (tertiary/aromatic N) is 2.